The molecule has 1 aromatic carbocycles. The van der Waals surface area contributed by atoms with Gasteiger partial charge in [-0.3, -0.25) is 4.79 Å². The third-order valence-electron chi connectivity index (χ3n) is 4.00. The van der Waals surface area contributed by atoms with Gasteiger partial charge in [-0.15, -0.1) is 12.4 Å². The molecular weight excluding hydrogens is 298 g/mol. The number of piperidine rings is 1. The van der Waals surface area contributed by atoms with Crippen molar-refractivity contribution >= 4 is 18.3 Å². The van der Waals surface area contributed by atoms with E-state index in [2.05, 4.69) is 5.32 Å². The number of hydrogen-bond donors (Lipinski definition) is 1. The van der Waals surface area contributed by atoms with E-state index in [0.29, 0.717) is 12.1 Å². The van der Waals surface area contributed by atoms with Gasteiger partial charge in [0.15, 0.2) is 11.6 Å². The second-order valence-electron chi connectivity index (χ2n) is 5.34. The van der Waals surface area contributed by atoms with E-state index < -0.39 is 11.6 Å². The van der Waals surface area contributed by atoms with Crippen LogP contribution in [0.1, 0.15) is 31.4 Å². The van der Waals surface area contributed by atoms with Crippen molar-refractivity contribution in [2.75, 3.05) is 20.1 Å². The average Bonchev–Trinajstić information content (AvgIpc) is 2.48. The molecule has 3 nitrogen and oxygen atoms in total. The van der Waals surface area contributed by atoms with Crippen LogP contribution in [0.15, 0.2) is 18.2 Å². The highest BCUT2D eigenvalue weighted by Crippen LogP contribution is 2.24. The van der Waals surface area contributed by atoms with Crippen molar-refractivity contribution in [3.8, 4) is 0 Å². The number of amides is 1. The second kappa shape index (κ2) is 7.71. The number of hydrogen-bond acceptors (Lipinski definition) is 2. The second-order valence-corrected chi connectivity index (χ2v) is 5.34. The number of benzene rings is 1. The highest BCUT2D eigenvalue weighted by atomic mass is 35.5. The Kier molecular flexibility index (Phi) is 6.55. The number of carbonyl (C=O) groups is 1. The van der Waals surface area contributed by atoms with E-state index >= 15 is 0 Å². The van der Waals surface area contributed by atoms with E-state index in [1.54, 1.807) is 11.9 Å². The fourth-order valence-corrected chi connectivity index (χ4v) is 2.54. The van der Waals surface area contributed by atoms with Crippen molar-refractivity contribution in [2.24, 2.45) is 5.92 Å². The zero-order valence-corrected chi connectivity index (χ0v) is 13.1. The Bertz CT molecular complexity index is 493. The maximum absolute atomic E-state index is 13.3. The lowest BCUT2D eigenvalue weighted by Gasteiger charge is -2.31. The van der Waals surface area contributed by atoms with Crippen molar-refractivity contribution in [3.63, 3.8) is 0 Å². The molecule has 6 heteroatoms. The third kappa shape index (κ3) is 4.14. The third-order valence-corrected chi connectivity index (χ3v) is 4.00. The zero-order valence-electron chi connectivity index (χ0n) is 12.2. The average molecular weight is 319 g/mol. The summed E-state index contributed by atoms with van der Waals surface area (Å²) in [4.78, 5) is 14.0. The lowest BCUT2D eigenvalue weighted by molar-refractivity contribution is -0.136. The minimum Gasteiger partial charge on any atom is -0.339 e. The highest BCUT2D eigenvalue weighted by Gasteiger charge is 2.27. The number of rotatable bonds is 3. The molecule has 0 radical (unpaired) electrons. The summed E-state index contributed by atoms with van der Waals surface area (Å²) >= 11 is 0. The van der Waals surface area contributed by atoms with Gasteiger partial charge in [0.05, 0.1) is 12.0 Å². The normalized spacial score (nSPS) is 19.5. The van der Waals surface area contributed by atoms with Crippen LogP contribution in [-0.2, 0) is 4.79 Å². The summed E-state index contributed by atoms with van der Waals surface area (Å²) in [5.41, 5.74) is 0.600. The molecule has 0 aromatic heterocycles. The van der Waals surface area contributed by atoms with Crippen molar-refractivity contribution < 1.29 is 13.6 Å². The summed E-state index contributed by atoms with van der Waals surface area (Å²) in [6, 6.07) is 3.50. The minimum atomic E-state index is -0.880. The van der Waals surface area contributed by atoms with Crippen LogP contribution in [0.5, 0.6) is 0 Å². The summed E-state index contributed by atoms with van der Waals surface area (Å²) in [6.07, 6.45) is 1.87. The number of nitrogens with one attached hydrogen (secondary N) is 1. The molecule has 1 amide bonds. The van der Waals surface area contributed by atoms with Crippen LogP contribution in [0.3, 0.4) is 0 Å². The van der Waals surface area contributed by atoms with Gasteiger partial charge in [-0.05, 0) is 44.0 Å². The zero-order chi connectivity index (χ0) is 14.7. The largest absolute Gasteiger partial charge is 0.339 e. The quantitative estimate of drug-likeness (QED) is 0.929. The first-order chi connectivity index (χ1) is 9.50. The predicted octanol–water partition coefficient (Wildman–Crippen LogP) is 2.91. The Labute approximate surface area is 130 Å². The Morgan fingerprint density at radius 2 is 2.10 bits per heavy atom. The fourth-order valence-electron chi connectivity index (χ4n) is 2.54. The van der Waals surface area contributed by atoms with E-state index in [0.717, 1.165) is 31.5 Å². The van der Waals surface area contributed by atoms with Crippen molar-refractivity contribution in [1.82, 2.24) is 10.2 Å². The Hall–Kier alpha value is -1.20. The maximum Gasteiger partial charge on any atom is 0.227 e. The summed E-state index contributed by atoms with van der Waals surface area (Å²) in [5.74, 6) is -1.73. The van der Waals surface area contributed by atoms with Crippen LogP contribution in [0, 0.1) is 17.6 Å². The van der Waals surface area contributed by atoms with Crippen molar-refractivity contribution in [1.29, 1.82) is 0 Å². The van der Waals surface area contributed by atoms with Gasteiger partial charge < -0.3 is 10.2 Å². The van der Waals surface area contributed by atoms with E-state index in [1.165, 1.54) is 6.07 Å². The lowest BCUT2D eigenvalue weighted by atomic mass is 9.97. The van der Waals surface area contributed by atoms with Gasteiger partial charge in [-0.2, -0.15) is 0 Å². The molecule has 1 saturated heterocycles. The first-order valence-corrected chi connectivity index (χ1v) is 6.93. The van der Waals surface area contributed by atoms with Crippen molar-refractivity contribution in [2.45, 2.75) is 25.8 Å². The maximum atomic E-state index is 13.3. The van der Waals surface area contributed by atoms with E-state index in [9.17, 15) is 13.6 Å². The first-order valence-electron chi connectivity index (χ1n) is 6.93. The van der Waals surface area contributed by atoms with Crippen LogP contribution in [-0.4, -0.2) is 30.9 Å². The van der Waals surface area contributed by atoms with Crippen LogP contribution < -0.4 is 5.32 Å². The lowest BCUT2D eigenvalue weighted by Crippen LogP contribution is -2.42. The summed E-state index contributed by atoms with van der Waals surface area (Å²) in [6.45, 7) is 3.46. The summed E-state index contributed by atoms with van der Waals surface area (Å²) < 4.78 is 26.2. The molecule has 0 saturated carbocycles. The molecule has 1 heterocycles. The van der Waals surface area contributed by atoms with Crippen LogP contribution in [0.2, 0.25) is 0 Å². The molecule has 1 aromatic rings. The molecule has 1 unspecified atom stereocenters. The van der Waals surface area contributed by atoms with Gasteiger partial charge in [-0.25, -0.2) is 8.78 Å². The Morgan fingerprint density at radius 3 is 2.67 bits per heavy atom. The standard InChI is InChI=1S/C15H20F2N2O.ClH/c1-10(11-5-6-13(16)14(17)8-11)19(2)15(20)12-4-3-7-18-9-12;/h5-6,8,10,12,18H,3-4,7,9H2,1-2H3;1H/t10?,12-;/m1./s1. The van der Waals surface area contributed by atoms with Gasteiger partial charge in [0.2, 0.25) is 5.91 Å². The van der Waals surface area contributed by atoms with Crippen LogP contribution in [0.4, 0.5) is 8.78 Å². The fraction of sp³-hybridized carbons (Fsp3) is 0.533. The van der Waals surface area contributed by atoms with Gasteiger partial charge in [-0.1, -0.05) is 6.07 Å². The SMILES string of the molecule is CC(c1ccc(F)c(F)c1)N(C)C(=O)[C@@H]1CCCNC1.Cl. The first kappa shape index (κ1) is 17.9. The molecule has 0 spiro atoms. The Morgan fingerprint density at radius 1 is 1.38 bits per heavy atom. The highest BCUT2D eigenvalue weighted by molar-refractivity contribution is 5.85. The monoisotopic (exact) mass is 318 g/mol. The van der Waals surface area contributed by atoms with Gasteiger partial charge >= 0.3 is 0 Å². The molecule has 1 fully saturated rings. The van der Waals surface area contributed by atoms with Gasteiger partial charge in [0, 0.05) is 13.6 Å². The minimum absolute atomic E-state index is 0. The van der Waals surface area contributed by atoms with Crippen LogP contribution >= 0.6 is 12.4 Å². The van der Waals surface area contributed by atoms with Crippen LogP contribution in [0.25, 0.3) is 0 Å². The van der Waals surface area contributed by atoms with Crippen molar-refractivity contribution in [3.05, 3.63) is 35.4 Å². The molecule has 1 aliphatic rings. The number of carbonyl (C=O) groups excluding carboxylic acids is 1. The summed E-state index contributed by atoms with van der Waals surface area (Å²) in [7, 11) is 1.71. The molecule has 0 aliphatic carbocycles. The van der Waals surface area contributed by atoms with E-state index in [4.69, 9.17) is 0 Å². The number of nitrogens with zero attached hydrogens (tertiary/aromatic N) is 1. The van der Waals surface area contributed by atoms with Gasteiger partial charge in [0.1, 0.15) is 0 Å². The molecule has 0 bridgehead atoms. The predicted molar refractivity (Wildman–Crippen MR) is 80.4 cm³/mol. The molecule has 2 atom stereocenters. The summed E-state index contributed by atoms with van der Waals surface area (Å²) in [5, 5.41) is 3.21. The van der Waals surface area contributed by atoms with E-state index in [-0.39, 0.29) is 30.3 Å². The number of halogens is 3. The molecule has 2 rings (SSSR count). The van der Waals surface area contributed by atoms with Gasteiger partial charge in [0.25, 0.3) is 0 Å². The van der Waals surface area contributed by atoms with E-state index in [1.807, 2.05) is 6.92 Å². The molecule has 1 N–H and O–H groups in total. The Balaban J connectivity index is 0.00000220. The molecule has 118 valence electrons. The molecular formula is C15H21ClF2N2O. The topological polar surface area (TPSA) is 32.3 Å². The molecule has 21 heavy (non-hydrogen) atoms. The molecule has 1 aliphatic heterocycles. The smallest absolute Gasteiger partial charge is 0.227 e.